The third-order valence-corrected chi connectivity index (χ3v) is 4.03. The first-order chi connectivity index (χ1) is 10.0. The number of rotatable bonds is 3. The van der Waals surface area contributed by atoms with E-state index in [9.17, 15) is 5.11 Å². The summed E-state index contributed by atoms with van der Waals surface area (Å²) in [6.45, 7) is 11.6. The summed E-state index contributed by atoms with van der Waals surface area (Å²) < 4.78 is 0. The van der Waals surface area contributed by atoms with Gasteiger partial charge in [-0.05, 0) is 50.8 Å². The van der Waals surface area contributed by atoms with E-state index in [2.05, 4.69) is 50.0 Å². The van der Waals surface area contributed by atoms with Crippen LogP contribution in [0, 0.1) is 20.8 Å². The molecule has 0 radical (unpaired) electrons. The zero-order valence-electron chi connectivity index (χ0n) is 14.0. The Morgan fingerprint density at radius 2 is 1.95 bits per heavy atom. The molecule has 0 bridgehead atoms. The number of nitrogens with zero attached hydrogens (tertiary/aromatic N) is 2. The molecule has 1 aromatic rings. The molecule has 0 aliphatic carbocycles. The maximum absolute atomic E-state index is 9.70. The number of aliphatic hydroxyl groups excluding tert-OH is 1. The summed E-state index contributed by atoms with van der Waals surface area (Å²) in [6.07, 6.45) is 0.601. The molecule has 1 fully saturated rings. The predicted octanol–water partition coefficient (Wildman–Crippen LogP) is 2.76. The van der Waals surface area contributed by atoms with E-state index in [1.54, 1.807) is 0 Å². The third kappa shape index (κ3) is 4.84. The first-order valence-corrected chi connectivity index (χ1v) is 7.79. The van der Waals surface area contributed by atoms with E-state index in [4.69, 9.17) is 4.99 Å². The topological polar surface area (TPSA) is 47.9 Å². The molecule has 1 aromatic carbocycles. The van der Waals surface area contributed by atoms with Gasteiger partial charge in [0.15, 0.2) is 5.96 Å². The van der Waals surface area contributed by atoms with Crippen LogP contribution in [-0.4, -0.2) is 41.7 Å². The summed E-state index contributed by atoms with van der Waals surface area (Å²) in [4.78, 5) is 6.92. The largest absolute Gasteiger partial charge is 0.391 e. The van der Waals surface area contributed by atoms with E-state index in [-0.39, 0.29) is 30.1 Å². The molecule has 5 heteroatoms. The lowest BCUT2D eigenvalue weighted by Gasteiger charge is -2.21. The van der Waals surface area contributed by atoms with Gasteiger partial charge in [-0.1, -0.05) is 17.7 Å². The van der Waals surface area contributed by atoms with Gasteiger partial charge >= 0.3 is 0 Å². The number of guanidine groups is 1. The number of likely N-dealkylation sites (tertiary alicyclic amines) is 1. The Hall–Kier alpha value is -0.820. The van der Waals surface area contributed by atoms with Crippen molar-refractivity contribution < 1.29 is 5.11 Å². The normalized spacial score (nSPS) is 18.3. The number of hydrogen-bond acceptors (Lipinski definition) is 2. The van der Waals surface area contributed by atoms with Gasteiger partial charge in [0.25, 0.3) is 0 Å². The monoisotopic (exact) mass is 417 g/mol. The fourth-order valence-electron chi connectivity index (χ4n) is 2.97. The Balaban J connectivity index is 0.00000242. The lowest BCUT2D eigenvalue weighted by molar-refractivity contribution is 0.188. The zero-order valence-corrected chi connectivity index (χ0v) is 16.3. The number of aryl methyl sites for hydroxylation is 3. The molecule has 1 aliphatic heterocycles. The van der Waals surface area contributed by atoms with E-state index in [1.165, 1.54) is 22.3 Å². The molecule has 2 N–H and O–H groups in total. The van der Waals surface area contributed by atoms with Crippen molar-refractivity contribution in [3.05, 3.63) is 34.4 Å². The predicted molar refractivity (Wildman–Crippen MR) is 103 cm³/mol. The molecule has 22 heavy (non-hydrogen) atoms. The van der Waals surface area contributed by atoms with Gasteiger partial charge in [0.1, 0.15) is 0 Å². The summed E-state index contributed by atoms with van der Waals surface area (Å²) in [6, 6.07) is 4.43. The highest BCUT2D eigenvalue weighted by atomic mass is 127. The van der Waals surface area contributed by atoms with Crippen LogP contribution < -0.4 is 5.32 Å². The van der Waals surface area contributed by atoms with Crippen molar-refractivity contribution in [3.63, 3.8) is 0 Å². The van der Waals surface area contributed by atoms with Gasteiger partial charge < -0.3 is 15.3 Å². The van der Waals surface area contributed by atoms with Gasteiger partial charge in [-0.2, -0.15) is 0 Å². The molecule has 4 nitrogen and oxygen atoms in total. The van der Waals surface area contributed by atoms with Crippen molar-refractivity contribution in [1.82, 2.24) is 10.2 Å². The van der Waals surface area contributed by atoms with Gasteiger partial charge in [0.05, 0.1) is 12.6 Å². The van der Waals surface area contributed by atoms with Crippen LogP contribution in [0.1, 0.15) is 35.6 Å². The first-order valence-electron chi connectivity index (χ1n) is 7.79. The molecule has 124 valence electrons. The van der Waals surface area contributed by atoms with Crippen LogP contribution in [0.4, 0.5) is 0 Å². The van der Waals surface area contributed by atoms with Crippen molar-refractivity contribution in [2.45, 2.75) is 46.8 Å². The summed E-state index contributed by atoms with van der Waals surface area (Å²) >= 11 is 0. The fraction of sp³-hybridized carbons (Fsp3) is 0.588. The molecule has 0 amide bonds. The number of benzene rings is 1. The van der Waals surface area contributed by atoms with Crippen LogP contribution in [0.2, 0.25) is 0 Å². The molecule has 1 saturated heterocycles. The molecule has 1 aliphatic rings. The minimum Gasteiger partial charge on any atom is -0.391 e. The van der Waals surface area contributed by atoms with E-state index in [1.807, 2.05) is 0 Å². The van der Waals surface area contributed by atoms with Gasteiger partial charge in [0, 0.05) is 19.6 Å². The van der Waals surface area contributed by atoms with Gasteiger partial charge in [-0.15, -0.1) is 24.0 Å². The fourth-order valence-corrected chi connectivity index (χ4v) is 2.97. The quantitative estimate of drug-likeness (QED) is 0.452. The van der Waals surface area contributed by atoms with E-state index in [0.717, 1.165) is 25.5 Å². The summed E-state index contributed by atoms with van der Waals surface area (Å²) in [5.41, 5.74) is 5.20. The van der Waals surface area contributed by atoms with Gasteiger partial charge in [0.2, 0.25) is 0 Å². The number of nitrogens with one attached hydrogen (secondary N) is 1. The number of halogens is 1. The average molecular weight is 417 g/mol. The Kier molecular flexibility index (Phi) is 7.62. The van der Waals surface area contributed by atoms with Crippen LogP contribution in [0.15, 0.2) is 17.1 Å². The summed E-state index contributed by atoms with van der Waals surface area (Å²) in [5.74, 6) is 0.911. The van der Waals surface area contributed by atoms with Crippen LogP contribution in [0.3, 0.4) is 0 Å². The van der Waals surface area contributed by atoms with Crippen molar-refractivity contribution >= 4 is 29.9 Å². The van der Waals surface area contributed by atoms with Crippen LogP contribution in [0.5, 0.6) is 0 Å². The van der Waals surface area contributed by atoms with Crippen molar-refractivity contribution in [2.75, 3.05) is 19.6 Å². The molecule has 1 heterocycles. The van der Waals surface area contributed by atoms with Gasteiger partial charge in [-0.3, -0.25) is 0 Å². The zero-order chi connectivity index (χ0) is 15.4. The molecular formula is C17H28IN3O. The van der Waals surface area contributed by atoms with E-state index >= 15 is 0 Å². The Morgan fingerprint density at radius 1 is 1.32 bits per heavy atom. The molecule has 0 saturated carbocycles. The standard InChI is InChI=1S/C17H27N3O.HI/c1-5-18-17(20-7-6-15(21)11-20)19-10-16-13(3)8-12(2)9-14(16)4;/h8-9,15,21H,5-7,10-11H2,1-4H3,(H,18,19);1H/t15-;/m1./s1. The lowest BCUT2D eigenvalue weighted by Crippen LogP contribution is -2.40. The highest BCUT2D eigenvalue weighted by Gasteiger charge is 2.22. The second-order valence-electron chi connectivity index (χ2n) is 5.94. The number of aliphatic imine (C=N–C) groups is 1. The van der Waals surface area contributed by atoms with Crippen molar-refractivity contribution in [2.24, 2.45) is 4.99 Å². The maximum atomic E-state index is 9.70. The molecule has 0 aromatic heterocycles. The summed E-state index contributed by atoms with van der Waals surface area (Å²) in [5, 5.41) is 13.0. The molecular weight excluding hydrogens is 389 g/mol. The Morgan fingerprint density at radius 3 is 2.45 bits per heavy atom. The van der Waals surface area contributed by atoms with Crippen molar-refractivity contribution in [1.29, 1.82) is 0 Å². The van der Waals surface area contributed by atoms with Crippen molar-refractivity contribution in [3.8, 4) is 0 Å². The van der Waals surface area contributed by atoms with Crippen LogP contribution in [0.25, 0.3) is 0 Å². The minimum atomic E-state index is -0.225. The first kappa shape index (κ1) is 19.2. The van der Waals surface area contributed by atoms with Gasteiger partial charge in [-0.25, -0.2) is 4.99 Å². The van der Waals surface area contributed by atoms with E-state index in [0.29, 0.717) is 13.1 Å². The second kappa shape index (κ2) is 8.72. The molecule has 1 atom stereocenters. The summed E-state index contributed by atoms with van der Waals surface area (Å²) in [7, 11) is 0. The smallest absolute Gasteiger partial charge is 0.194 e. The highest BCUT2D eigenvalue weighted by Crippen LogP contribution is 2.18. The molecule has 2 rings (SSSR count). The molecule has 0 unspecified atom stereocenters. The van der Waals surface area contributed by atoms with Crippen LogP contribution >= 0.6 is 24.0 Å². The lowest BCUT2D eigenvalue weighted by atomic mass is 10.00. The second-order valence-corrected chi connectivity index (χ2v) is 5.94. The minimum absolute atomic E-state index is 0. The Labute approximate surface area is 151 Å². The van der Waals surface area contributed by atoms with Crippen LogP contribution in [-0.2, 0) is 6.54 Å². The number of hydrogen-bond donors (Lipinski definition) is 2. The third-order valence-electron chi connectivity index (χ3n) is 4.03. The highest BCUT2D eigenvalue weighted by molar-refractivity contribution is 14.0. The Bertz CT molecular complexity index is 508. The number of aliphatic hydroxyl groups is 1. The molecule has 0 spiro atoms. The van der Waals surface area contributed by atoms with E-state index < -0.39 is 0 Å². The maximum Gasteiger partial charge on any atom is 0.194 e. The SMILES string of the molecule is CCNC(=NCc1c(C)cc(C)cc1C)N1CC[C@@H](O)C1.I. The average Bonchev–Trinajstić information content (AvgIpc) is 2.82. The number of β-amino-alcohol motifs (C(OH)–C–C–N with tert-alkyl or cyclic N) is 1.